The lowest BCUT2D eigenvalue weighted by Crippen LogP contribution is -2.32. The molecule has 1 amide bonds. The molecule has 1 aliphatic rings. The standard InChI is InChI=1S/C14H20N2O2/c1-10(18-2)8-16-14(17)7-11-9-15-13-6-4-3-5-12(11)13/h3-6,10-11,15H,7-9H2,1-2H3,(H,16,17). The molecular formula is C14H20N2O2. The molecule has 0 saturated heterocycles. The lowest BCUT2D eigenvalue weighted by molar-refractivity contribution is -0.121. The largest absolute Gasteiger partial charge is 0.384 e. The number of para-hydroxylation sites is 1. The van der Waals surface area contributed by atoms with E-state index < -0.39 is 0 Å². The van der Waals surface area contributed by atoms with Gasteiger partial charge in [-0.1, -0.05) is 18.2 Å². The van der Waals surface area contributed by atoms with Gasteiger partial charge in [0.05, 0.1) is 6.10 Å². The lowest BCUT2D eigenvalue weighted by Gasteiger charge is -2.13. The molecule has 0 aromatic heterocycles. The van der Waals surface area contributed by atoms with E-state index in [1.54, 1.807) is 7.11 Å². The summed E-state index contributed by atoms with van der Waals surface area (Å²) in [6.07, 6.45) is 0.586. The third-order valence-electron chi connectivity index (χ3n) is 3.36. The maximum atomic E-state index is 11.8. The van der Waals surface area contributed by atoms with Crippen LogP contribution in [-0.4, -0.2) is 32.2 Å². The van der Waals surface area contributed by atoms with Crippen LogP contribution in [0.25, 0.3) is 0 Å². The number of rotatable bonds is 5. The highest BCUT2D eigenvalue weighted by Crippen LogP contribution is 2.32. The zero-order chi connectivity index (χ0) is 13.0. The van der Waals surface area contributed by atoms with Gasteiger partial charge in [-0.15, -0.1) is 0 Å². The van der Waals surface area contributed by atoms with Crippen LogP contribution < -0.4 is 10.6 Å². The van der Waals surface area contributed by atoms with Crippen molar-refractivity contribution in [3.8, 4) is 0 Å². The number of amides is 1. The van der Waals surface area contributed by atoms with Crippen LogP contribution in [0.3, 0.4) is 0 Å². The van der Waals surface area contributed by atoms with Crippen LogP contribution in [0.1, 0.15) is 24.8 Å². The van der Waals surface area contributed by atoms with Gasteiger partial charge in [0.1, 0.15) is 0 Å². The smallest absolute Gasteiger partial charge is 0.220 e. The van der Waals surface area contributed by atoms with Gasteiger partial charge in [-0.3, -0.25) is 4.79 Å². The Hall–Kier alpha value is -1.55. The van der Waals surface area contributed by atoms with Crippen LogP contribution in [0.15, 0.2) is 24.3 Å². The lowest BCUT2D eigenvalue weighted by atomic mass is 9.97. The molecule has 1 heterocycles. The molecule has 0 aliphatic carbocycles. The number of carbonyl (C=O) groups is 1. The molecule has 1 aromatic rings. The molecule has 0 bridgehead atoms. The second kappa shape index (κ2) is 5.87. The van der Waals surface area contributed by atoms with Crippen molar-refractivity contribution in [1.82, 2.24) is 5.32 Å². The van der Waals surface area contributed by atoms with Crippen molar-refractivity contribution >= 4 is 11.6 Å². The van der Waals surface area contributed by atoms with Gasteiger partial charge in [-0.05, 0) is 18.6 Å². The summed E-state index contributed by atoms with van der Waals surface area (Å²) in [5, 5.41) is 6.23. The van der Waals surface area contributed by atoms with Crippen LogP contribution in [0.4, 0.5) is 5.69 Å². The Morgan fingerprint density at radius 3 is 3.11 bits per heavy atom. The average molecular weight is 248 g/mol. The summed E-state index contributed by atoms with van der Waals surface area (Å²) in [5.74, 6) is 0.362. The van der Waals surface area contributed by atoms with Gasteiger partial charge in [0.2, 0.25) is 5.91 Å². The number of ether oxygens (including phenoxy) is 1. The van der Waals surface area contributed by atoms with E-state index in [-0.39, 0.29) is 17.9 Å². The maximum absolute atomic E-state index is 11.8. The van der Waals surface area contributed by atoms with Crippen LogP contribution in [-0.2, 0) is 9.53 Å². The van der Waals surface area contributed by atoms with Crippen molar-refractivity contribution in [2.24, 2.45) is 0 Å². The van der Waals surface area contributed by atoms with E-state index in [2.05, 4.69) is 22.8 Å². The first-order valence-electron chi connectivity index (χ1n) is 6.33. The number of hydrogen-bond acceptors (Lipinski definition) is 3. The predicted octanol–water partition coefficient (Wildman–Crippen LogP) is 1.74. The number of benzene rings is 1. The second-order valence-electron chi connectivity index (χ2n) is 4.72. The molecule has 1 aliphatic heterocycles. The summed E-state index contributed by atoms with van der Waals surface area (Å²) >= 11 is 0. The van der Waals surface area contributed by atoms with Gasteiger partial charge >= 0.3 is 0 Å². The van der Waals surface area contributed by atoms with E-state index in [1.165, 1.54) is 5.56 Å². The highest BCUT2D eigenvalue weighted by molar-refractivity contribution is 5.78. The summed E-state index contributed by atoms with van der Waals surface area (Å²) in [6.45, 7) is 3.34. The van der Waals surface area contributed by atoms with E-state index in [1.807, 2.05) is 19.1 Å². The van der Waals surface area contributed by atoms with E-state index in [0.29, 0.717) is 13.0 Å². The summed E-state index contributed by atoms with van der Waals surface area (Å²) in [5.41, 5.74) is 2.40. The van der Waals surface area contributed by atoms with E-state index in [0.717, 1.165) is 12.2 Å². The summed E-state index contributed by atoms with van der Waals surface area (Å²) in [7, 11) is 1.65. The van der Waals surface area contributed by atoms with Crippen molar-refractivity contribution < 1.29 is 9.53 Å². The molecule has 1 aromatic carbocycles. The van der Waals surface area contributed by atoms with Crippen molar-refractivity contribution in [2.75, 3.05) is 25.5 Å². The molecular weight excluding hydrogens is 228 g/mol. The number of nitrogens with one attached hydrogen (secondary N) is 2. The Labute approximate surface area is 108 Å². The van der Waals surface area contributed by atoms with Gasteiger partial charge in [0.15, 0.2) is 0 Å². The third-order valence-corrected chi connectivity index (χ3v) is 3.36. The Morgan fingerprint density at radius 2 is 2.33 bits per heavy atom. The van der Waals surface area contributed by atoms with Gasteiger partial charge < -0.3 is 15.4 Å². The molecule has 0 radical (unpaired) electrons. The number of methoxy groups -OCH3 is 1. The molecule has 0 spiro atoms. The molecule has 2 unspecified atom stereocenters. The molecule has 2 atom stereocenters. The Kier molecular flexibility index (Phi) is 4.20. The number of fused-ring (bicyclic) bond motifs is 1. The maximum Gasteiger partial charge on any atom is 0.220 e. The first-order valence-corrected chi connectivity index (χ1v) is 6.33. The fraction of sp³-hybridized carbons (Fsp3) is 0.500. The average Bonchev–Trinajstić information content (AvgIpc) is 2.79. The molecule has 4 heteroatoms. The summed E-state index contributed by atoms with van der Waals surface area (Å²) in [4.78, 5) is 11.8. The molecule has 98 valence electrons. The molecule has 0 saturated carbocycles. The number of hydrogen-bond donors (Lipinski definition) is 2. The highest BCUT2D eigenvalue weighted by atomic mass is 16.5. The van der Waals surface area contributed by atoms with E-state index in [4.69, 9.17) is 4.74 Å². The molecule has 4 nitrogen and oxygen atoms in total. The third kappa shape index (κ3) is 3.01. The molecule has 2 N–H and O–H groups in total. The van der Waals surface area contributed by atoms with Gasteiger partial charge in [-0.2, -0.15) is 0 Å². The highest BCUT2D eigenvalue weighted by Gasteiger charge is 2.23. The van der Waals surface area contributed by atoms with E-state index in [9.17, 15) is 4.79 Å². The Balaban J connectivity index is 1.86. The minimum Gasteiger partial charge on any atom is -0.384 e. The molecule has 0 fully saturated rings. The predicted molar refractivity (Wildman–Crippen MR) is 71.8 cm³/mol. The van der Waals surface area contributed by atoms with Gasteiger partial charge in [0, 0.05) is 38.2 Å². The monoisotopic (exact) mass is 248 g/mol. The second-order valence-corrected chi connectivity index (χ2v) is 4.72. The number of anilines is 1. The molecule has 18 heavy (non-hydrogen) atoms. The van der Waals surface area contributed by atoms with Crippen LogP contribution in [0, 0.1) is 0 Å². The normalized spacial score (nSPS) is 18.9. The quantitative estimate of drug-likeness (QED) is 0.834. The van der Waals surface area contributed by atoms with E-state index >= 15 is 0 Å². The van der Waals surface area contributed by atoms with Crippen molar-refractivity contribution in [3.05, 3.63) is 29.8 Å². The Bertz CT molecular complexity index is 420. The fourth-order valence-electron chi connectivity index (χ4n) is 2.18. The first kappa shape index (κ1) is 12.9. The van der Waals surface area contributed by atoms with Gasteiger partial charge in [-0.25, -0.2) is 0 Å². The number of carbonyl (C=O) groups excluding carboxylic acids is 1. The van der Waals surface area contributed by atoms with Crippen LogP contribution >= 0.6 is 0 Å². The summed E-state index contributed by atoms with van der Waals surface area (Å²) < 4.78 is 5.10. The topological polar surface area (TPSA) is 50.4 Å². The minimum absolute atomic E-state index is 0.0583. The SMILES string of the molecule is COC(C)CNC(=O)CC1CNc2ccccc21. The molecule has 2 rings (SSSR count). The van der Waals surface area contributed by atoms with Crippen LogP contribution in [0.5, 0.6) is 0 Å². The first-order chi connectivity index (χ1) is 8.70. The minimum atomic E-state index is 0.0583. The van der Waals surface area contributed by atoms with Crippen LogP contribution in [0.2, 0.25) is 0 Å². The Morgan fingerprint density at radius 1 is 1.56 bits per heavy atom. The van der Waals surface area contributed by atoms with Crippen molar-refractivity contribution in [1.29, 1.82) is 0 Å². The fourth-order valence-corrected chi connectivity index (χ4v) is 2.18. The van der Waals surface area contributed by atoms with Gasteiger partial charge in [0.25, 0.3) is 0 Å². The van der Waals surface area contributed by atoms with Crippen molar-refractivity contribution in [2.45, 2.75) is 25.4 Å². The van der Waals surface area contributed by atoms with Crippen molar-refractivity contribution in [3.63, 3.8) is 0 Å². The zero-order valence-electron chi connectivity index (χ0n) is 10.9. The summed E-state index contributed by atoms with van der Waals surface area (Å²) in [6, 6.07) is 8.17. The zero-order valence-corrected chi connectivity index (χ0v) is 10.9.